The number of hydrogen-bond donors (Lipinski definition) is 0. The summed E-state index contributed by atoms with van der Waals surface area (Å²) in [5.74, 6) is -0.671. The van der Waals surface area contributed by atoms with Crippen LogP contribution < -0.4 is 4.74 Å². The number of amides is 2. The van der Waals surface area contributed by atoms with Gasteiger partial charge < -0.3 is 4.74 Å². The second-order valence-electron chi connectivity index (χ2n) is 4.64. The fraction of sp³-hybridized carbons (Fsp3) is 0.429. The molecule has 1 aliphatic heterocycles. The number of ether oxygens (including phenoxy) is 1. The molecule has 1 aromatic carbocycles. The maximum atomic E-state index is 12.5. The van der Waals surface area contributed by atoms with Crippen molar-refractivity contribution in [2.45, 2.75) is 25.4 Å². The van der Waals surface area contributed by atoms with Crippen LogP contribution in [0.15, 0.2) is 24.3 Å². The van der Waals surface area contributed by atoms with Gasteiger partial charge in [0.05, 0.1) is 18.8 Å². The molecule has 0 saturated carbocycles. The first-order valence-corrected chi connectivity index (χ1v) is 6.66. The molecule has 2 rings (SSSR count). The predicted molar refractivity (Wildman–Crippen MR) is 68.6 cm³/mol. The quantitative estimate of drug-likeness (QED) is 0.598. The summed E-state index contributed by atoms with van der Waals surface area (Å²) in [6.07, 6.45) is -3.81. The average molecular weight is 317 g/mol. The van der Waals surface area contributed by atoms with Gasteiger partial charge in [-0.1, -0.05) is 6.07 Å². The molecule has 1 aliphatic rings. The van der Waals surface area contributed by atoms with Crippen molar-refractivity contribution in [2.75, 3.05) is 13.2 Å². The van der Waals surface area contributed by atoms with Crippen molar-refractivity contribution < 1.29 is 32.3 Å². The van der Waals surface area contributed by atoms with Crippen LogP contribution in [0.1, 0.15) is 24.8 Å². The van der Waals surface area contributed by atoms with Crippen LogP contribution in [0.4, 0.5) is 13.2 Å². The second-order valence-corrected chi connectivity index (χ2v) is 4.64. The third-order valence-corrected chi connectivity index (χ3v) is 2.94. The van der Waals surface area contributed by atoms with E-state index in [4.69, 9.17) is 9.57 Å². The molecule has 2 amide bonds. The largest absolute Gasteiger partial charge is 0.493 e. The number of alkyl halides is 3. The number of halogens is 3. The van der Waals surface area contributed by atoms with Gasteiger partial charge in [0.1, 0.15) is 5.75 Å². The van der Waals surface area contributed by atoms with Crippen LogP contribution in [-0.2, 0) is 20.6 Å². The summed E-state index contributed by atoms with van der Waals surface area (Å²) in [6, 6.07) is 4.55. The van der Waals surface area contributed by atoms with Gasteiger partial charge in [0.25, 0.3) is 11.8 Å². The molecule has 1 heterocycles. The Hall–Kier alpha value is -2.09. The molecule has 0 radical (unpaired) electrons. The van der Waals surface area contributed by atoms with E-state index in [0.29, 0.717) is 6.42 Å². The Kier molecular flexibility index (Phi) is 5.02. The van der Waals surface area contributed by atoms with Gasteiger partial charge in [-0.2, -0.15) is 18.2 Å². The number of carbonyl (C=O) groups is 2. The maximum Gasteiger partial charge on any atom is 0.416 e. The zero-order chi connectivity index (χ0) is 16.2. The SMILES string of the molecule is O=C1CCC(=O)N1OCCCOc1cccc(C(F)(F)F)c1. The summed E-state index contributed by atoms with van der Waals surface area (Å²) in [4.78, 5) is 27.5. The number of hydrogen-bond acceptors (Lipinski definition) is 4. The molecule has 22 heavy (non-hydrogen) atoms. The number of carbonyl (C=O) groups excluding carboxylic acids is 2. The summed E-state index contributed by atoms with van der Waals surface area (Å²) in [7, 11) is 0. The van der Waals surface area contributed by atoms with Crippen molar-refractivity contribution in [3.05, 3.63) is 29.8 Å². The normalized spacial score (nSPS) is 15.5. The molecule has 5 nitrogen and oxygen atoms in total. The summed E-state index contributed by atoms with van der Waals surface area (Å²) in [6.45, 7) is 0.175. The summed E-state index contributed by atoms with van der Waals surface area (Å²) in [5, 5.41) is 0.726. The van der Waals surface area contributed by atoms with E-state index in [9.17, 15) is 22.8 Å². The molecule has 1 fully saturated rings. The Morgan fingerprint density at radius 1 is 1.09 bits per heavy atom. The van der Waals surface area contributed by atoms with E-state index in [1.807, 2.05) is 0 Å². The van der Waals surface area contributed by atoms with Gasteiger partial charge in [0.15, 0.2) is 0 Å². The topological polar surface area (TPSA) is 55.8 Å². The Balaban J connectivity index is 1.73. The zero-order valence-corrected chi connectivity index (χ0v) is 11.6. The second kappa shape index (κ2) is 6.78. The van der Waals surface area contributed by atoms with E-state index in [1.54, 1.807) is 0 Å². The van der Waals surface area contributed by atoms with Gasteiger partial charge in [-0.05, 0) is 18.2 Å². The van der Waals surface area contributed by atoms with Gasteiger partial charge in [0, 0.05) is 19.3 Å². The lowest BCUT2D eigenvalue weighted by Crippen LogP contribution is -2.30. The smallest absolute Gasteiger partial charge is 0.416 e. The van der Waals surface area contributed by atoms with Crippen LogP contribution in [-0.4, -0.2) is 30.1 Å². The molecule has 1 aromatic rings. The van der Waals surface area contributed by atoms with Crippen LogP contribution in [0.2, 0.25) is 0 Å². The molecule has 0 unspecified atom stereocenters. The highest BCUT2D eigenvalue weighted by atomic mass is 19.4. The molecular formula is C14H14F3NO4. The van der Waals surface area contributed by atoms with Crippen LogP contribution >= 0.6 is 0 Å². The van der Waals surface area contributed by atoms with Gasteiger partial charge in [-0.25, -0.2) is 0 Å². The summed E-state index contributed by atoms with van der Waals surface area (Å²) in [5.41, 5.74) is -0.783. The van der Waals surface area contributed by atoms with E-state index in [0.717, 1.165) is 17.2 Å². The van der Waals surface area contributed by atoms with Crippen LogP contribution in [0.25, 0.3) is 0 Å². The molecule has 0 aromatic heterocycles. The number of rotatable bonds is 6. The molecule has 0 aliphatic carbocycles. The first-order valence-electron chi connectivity index (χ1n) is 6.66. The standard InChI is InChI=1S/C14H14F3NO4/c15-14(16,17)10-3-1-4-11(9-10)21-7-2-8-22-18-12(19)5-6-13(18)20/h1,3-4,9H,2,5-8H2. The van der Waals surface area contributed by atoms with E-state index < -0.39 is 11.7 Å². The number of hydroxylamine groups is 2. The zero-order valence-electron chi connectivity index (χ0n) is 11.6. The van der Waals surface area contributed by atoms with Crippen molar-refractivity contribution in [3.8, 4) is 5.75 Å². The van der Waals surface area contributed by atoms with Crippen molar-refractivity contribution in [1.82, 2.24) is 5.06 Å². The van der Waals surface area contributed by atoms with Crippen LogP contribution in [0.5, 0.6) is 5.75 Å². The van der Waals surface area contributed by atoms with Gasteiger partial charge >= 0.3 is 6.18 Å². The molecular weight excluding hydrogens is 303 g/mol. The minimum atomic E-state index is -4.42. The van der Waals surface area contributed by atoms with Crippen LogP contribution in [0, 0.1) is 0 Å². The van der Waals surface area contributed by atoms with Gasteiger partial charge in [0.2, 0.25) is 0 Å². The fourth-order valence-corrected chi connectivity index (χ4v) is 1.87. The molecule has 0 spiro atoms. The Labute approximate surface area is 124 Å². The minimum Gasteiger partial charge on any atom is -0.493 e. The van der Waals surface area contributed by atoms with Crippen LogP contribution in [0.3, 0.4) is 0 Å². The molecule has 0 atom stereocenters. The first-order chi connectivity index (χ1) is 10.4. The molecule has 120 valence electrons. The number of benzene rings is 1. The fourth-order valence-electron chi connectivity index (χ4n) is 1.87. The lowest BCUT2D eigenvalue weighted by Gasteiger charge is -2.13. The Morgan fingerprint density at radius 2 is 1.77 bits per heavy atom. The van der Waals surface area contributed by atoms with Crippen molar-refractivity contribution in [3.63, 3.8) is 0 Å². The average Bonchev–Trinajstić information content (AvgIpc) is 2.78. The van der Waals surface area contributed by atoms with E-state index in [2.05, 4.69) is 0 Å². The first kappa shape index (κ1) is 16.3. The third kappa shape index (κ3) is 4.20. The summed E-state index contributed by atoms with van der Waals surface area (Å²) < 4.78 is 42.7. The van der Waals surface area contributed by atoms with E-state index >= 15 is 0 Å². The van der Waals surface area contributed by atoms with Crippen molar-refractivity contribution in [1.29, 1.82) is 0 Å². The highest BCUT2D eigenvalue weighted by Gasteiger charge is 2.31. The van der Waals surface area contributed by atoms with E-state index in [1.165, 1.54) is 12.1 Å². The lowest BCUT2D eigenvalue weighted by atomic mass is 10.2. The third-order valence-electron chi connectivity index (χ3n) is 2.94. The lowest BCUT2D eigenvalue weighted by molar-refractivity contribution is -0.188. The van der Waals surface area contributed by atoms with E-state index in [-0.39, 0.29) is 43.6 Å². The van der Waals surface area contributed by atoms with Crippen molar-refractivity contribution >= 4 is 11.8 Å². The molecule has 1 saturated heterocycles. The molecule has 0 bridgehead atoms. The monoisotopic (exact) mass is 317 g/mol. The molecule has 0 N–H and O–H groups in total. The Morgan fingerprint density at radius 3 is 2.41 bits per heavy atom. The molecule has 8 heteroatoms. The van der Waals surface area contributed by atoms with Crippen molar-refractivity contribution in [2.24, 2.45) is 0 Å². The highest BCUT2D eigenvalue weighted by Crippen LogP contribution is 2.31. The van der Waals surface area contributed by atoms with Gasteiger partial charge in [-0.15, -0.1) is 0 Å². The number of nitrogens with zero attached hydrogens (tertiary/aromatic N) is 1. The maximum absolute atomic E-state index is 12.5. The van der Waals surface area contributed by atoms with Gasteiger partial charge in [-0.3, -0.25) is 14.4 Å². The predicted octanol–water partition coefficient (Wildman–Crippen LogP) is 2.55. The summed E-state index contributed by atoms with van der Waals surface area (Å²) >= 11 is 0. The Bertz CT molecular complexity index is 543. The minimum absolute atomic E-state index is 0.0659. The number of imide groups is 1. The highest BCUT2D eigenvalue weighted by molar-refractivity contribution is 6.00.